The van der Waals surface area contributed by atoms with E-state index in [4.69, 9.17) is 4.74 Å². The summed E-state index contributed by atoms with van der Waals surface area (Å²) in [4.78, 5) is 25.4. The number of cyclic esters (lactones) is 1. The minimum atomic E-state index is -0.354. The number of amides is 2. The molecule has 6 heteroatoms. The maximum atomic E-state index is 12.3. The Morgan fingerprint density at radius 2 is 1.96 bits per heavy atom. The minimum absolute atomic E-state index is 0.189. The second-order valence-electron chi connectivity index (χ2n) is 5.23. The van der Waals surface area contributed by atoms with Crippen LogP contribution in [0.15, 0.2) is 46.9 Å². The van der Waals surface area contributed by atoms with E-state index in [9.17, 15) is 9.59 Å². The van der Waals surface area contributed by atoms with E-state index in [2.05, 4.69) is 21.2 Å². The molecule has 118 valence electrons. The molecule has 2 amide bonds. The molecule has 1 aliphatic rings. The first-order valence-electron chi connectivity index (χ1n) is 7.16. The van der Waals surface area contributed by atoms with Crippen LogP contribution in [0.4, 0.5) is 16.2 Å². The summed E-state index contributed by atoms with van der Waals surface area (Å²) >= 11 is 3.40. The third-order valence-corrected chi connectivity index (χ3v) is 4.13. The first kappa shape index (κ1) is 15.6. The van der Waals surface area contributed by atoms with Crippen LogP contribution in [0, 0.1) is 6.92 Å². The summed E-state index contributed by atoms with van der Waals surface area (Å²) in [5.41, 5.74) is 3.00. The van der Waals surface area contributed by atoms with Crippen LogP contribution < -0.4 is 10.2 Å². The van der Waals surface area contributed by atoms with Crippen molar-refractivity contribution in [3.05, 3.63) is 58.1 Å². The molecule has 0 unspecified atom stereocenters. The van der Waals surface area contributed by atoms with Crippen LogP contribution in [0.3, 0.4) is 0 Å². The van der Waals surface area contributed by atoms with Gasteiger partial charge in [0.25, 0.3) is 5.91 Å². The molecule has 1 N–H and O–H groups in total. The van der Waals surface area contributed by atoms with Crippen molar-refractivity contribution in [2.45, 2.75) is 6.92 Å². The van der Waals surface area contributed by atoms with E-state index in [-0.39, 0.29) is 12.0 Å². The largest absolute Gasteiger partial charge is 0.447 e. The second-order valence-corrected chi connectivity index (χ2v) is 6.14. The average molecular weight is 375 g/mol. The van der Waals surface area contributed by atoms with Gasteiger partial charge in [0.1, 0.15) is 6.61 Å². The second kappa shape index (κ2) is 6.42. The van der Waals surface area contributed by atoms with Gasteiger partial charge in [-0.25, -0.2) is 4.79 Å². The van der Waals surface area contributed by atoms with Crippen LogP contribution in [0.25, 0.3) is 0 Å². The van der Waals surface area contributed by atoms with Crippen molar-refractivity contribution in [2.24, 2.45) is 0 Å². The SMILES string of the molecule is Cc1cc(Br)ccc1NC(=O)c1ccc(N2CCOC2=O)cc1. The number of carbonyl (C=O) groups excluding carboxylic acids is 2. The Kier molecular flexibility index (Phi) is 4.34. The Hall–Kier alpha value is -2.34. The monoisotopic (exact) mass is 374 g/mol. The zero-order valence-electron chi connectivity index (χ0n) is 12.5. The first-order chi connectivity index (χ1) is 11.0. The molecule has 0 aromatic heterocycles. The summed E-state index contributed by atoms with van der Waals surface area (Å²) in [6.07, 6.45) is -0.354. The zero-order valence-corrected chi connectivity index (χ0v) is 14.1. The van der Waals surface area contributed by atoms with Gasteiger partial charge in [0.2, 0.25) is 0 Å². The van der Waals surface area contributed by atoms with Gasteiger partial charge in [-0.2, -0.15) is 0 Å². The number of ether oxygens (including phenoxy) is 1. The molecule has 0 atom stereocenters. The van der Waals surface area contributed by atoms with Crippen molar-refractivity contribution < 1.29 is 14.3 Å². The number of halogens is 1. The Morgan fingerprint density at radius 1 is 1.22 bits per heavy atom. The molecule has 5 nitrogen and oxygen atoms in total. The number of aryl methyl sites for hydroxylation is 1. The Labute approximate surface area is 142 Å². The van der Waals surface area contributed by atoms with Crippen LogP contribution in [-0.4, -0.2) is 25.2 Å². The van der Waals surface area contributed by atoms with Gasteiger partial charge in [-0.1, -0.05) is 15.9 Å². The van der Waals surface area contributed by atoms with E-state index >= 15 is 0 Å². The number of rotatable bonds is 3. The van der Waals surface area contributed by atoms with Crippen molar-refractivity contribution in [3.63, 3.8) is 0 Å². The van der Waals surface area contributed by atoms with Gasteiger partial charge in [0.15, 0.2) is 0 Å². The highest BCUT2D eigenvalue weighted by atomic mass is 79.9. The molecule has 2 aromatic rings. The molecule has 0 aliphatic carbocycles. The molecule has 23 heavy (non-hydrogen) atoms. The molecule has 1 saturated heterocycles. The van der Waals surface area contributed by atoms with E-state index in [0.29, 0.717) is 18.7 Å². The standard InChI is InChI=1S/C17H15BrN2O3/c1-11-10-13(18)4-7-15(11)19-16(21)12-2-5-14(6-3-12)20-8-9-23-17(20)22/h2-7,10H,8-9H2,1H3,(H,19,21). The summed E-state index contributed by atoms with van der Waals surface area (Å²) < 4.78 is 5.87. The molecule has 1 aliphatic heterocycles. The minimum Gasteiger partial charge on any atom is -0.447 e. The summed E-state index contributed by atoms with van der Waals surface area (Å²) in [5, 5.41) is 2.89. The van der Waals surface area contributed by atoms with E-state index in [1.54, 1.807) is 29.2 Å². The quantitative estimate of drug-likeness (QED) is 0.883. The van der Waals surface area contributed by atoms with E-state index in [0.717, 1.165) is 21.4 Å². The highest BCUT2D eigenvalue weighted by molar-refractivity contribution is 9.10. The van der Waals surface area contributed by atoms with E-state index in [1.807, 2.05) is 25.1 Å². The summed E-state index contributed by atoms with van der Waals surface area (Å²) in [5.74, 6) is -0.189. The number of hydrogen-bond acceptors (Lipinski definition) is 3. The molecule has 1 heterocycles. The third-order valence-electron chi connectivity index (χ3n) is 3.64. The molecule has 0 spiro atoms. The maximum absolute atomic E-state index is 12.3. The molecule has 0 radical (unpaired) electrons. The smallest absolute Gasteiger partial charge is 0.414 e. The summed E-state index contributed by atoms with van der Waals surface area (Å²) in [6, 6.07) is 12.6. The summed E-state index contributed by atoms with van der Waals surface area (Å²) in [7, 11) is 0. The van der Waals surface area contributed by atoms with Gasteiger partial charge < -0.3 is 10.1 Å². The topological polar surface area (TPSA) is 58.6 Å². The van der Waals surface area contributed by atoms with Gasteiger partial charge in [0.05, 0.1) is 6.54 Å². The zero-order chi connectivity index (χ0) is 16.4. The van der Waals surface area contributed by atoms with Crippen molar-refractivity contribution in [1.29, 1.82) is 0 Å². The van der Waals surface area contributed by atoms with Gasteiger partial charge in [0, 0.05) is 21.4 Å². The highest BCUT2D eigenvalue weighted by Gasteiger charge is 2.23. The van der Waals surface area contributed by atoms with Crippen LogP contribution in [0.5, 0.6) is 0 Å². The highest BCUT2D eigenvalue weighted by Crippen LogP contribution is 2.22. The van der Waals surface area contributed by atoms with E-state index < -0.39 is 0 Å². The fourth-order valence-electron chi connectivity index (χ4n) is 2.38. The van der Waals surface area contributed by atoms with Crippen molar-refractivity contribution in [2.75, 3.05) is 23.4 Å². The van der Waals surface area contributed by atoms with Crippen LogP contribution in [0.1, 0.15) is 15.9 Å². The Morgan fingerprint density at radius 3 is 2.57 bits per heavy atom. The average Bonchev–Trinajstić information content (AvgIpc) is 2.96. The van der Waals surface area contributed by atoms with Crippen molar-refractivity contribution in [3.8, 4) is 0 Å². The fourth-order valence-corrected chi connectivity index (χ4v) is 2.86. The van der Waals surface area contributed by atoms with Crippen LogP contribution in [-0.2, 0) is 4.74 Å². The third kappa shape index (κ3) is 3.37. The Bertz CT molecular complexity index is 759. The molecule has 3 rings (SSSR count). The predicted octanol–water partition coefficient (Wildman–Crippen LogP) is 3.97. The molecule has 2 aromatic carbocycles. The van der Waals surface area contributed by atoms with Gasteiger partial charge >= 0.3 is 6.09 Å². The number of nitrogens with one attached hydrogen (secondary N) is 1. The van der Waals surface area contributed by atoms with Gasteiger partial charge in [-0.3, -0.25) is 9.69 Å². The van der Waals surface area contributed by atoms with Gasteiger partial charge in [-0.15, -0.1) is 0 Å². The number of carbonyl (C=O) groups is 2. The lowest BCUT2D eigenvalue weighted by atomic mass is 10.1. The Balaban J connectivity index is 1.74. The summed E-state index contributed by atoms with van der Waals surface area (Å²) in [6.45, 7) is 2.86. The lowest BCUT2D eigenvalue weighted by Crippen LogP contribution is -2.23. The van der Waals surface area contributed by atoms with E-state index in [1.165, 1.54) is 0 Å². The van der Waals surface area contributed by atoms with Gasteiger partial charge in [-0.05, 0) is 55.0 Å². The molecular formula is C17H15BrN2O3. The van der Waals surface area contributed by atoms with Crippen molar-refractivity contribution >= 4 is 39.3 Å². The fraction of sp³-hybridized carbons (Fsp3) is 0.176. The number of hydrogen-bond donors (Lipinski definition) is 1. The molecule has 1 fully saturated rings. The molecule has 0 bridgehead atoms. The molecular weight excluding hydrogens is 360 g/mol. The number of anilines is 2. The molecule has 0 saturated carbocycles. The number of nitrogens with zero attached hydrogens (tertiary/aromatic N) is 1. The van der Waals surface area contributed by atoms with Crippen LogP contribution >= 0.6 is 15.9 Å². The lowest BCUT2D eigenvalue weighted by molar-refractivity contribution is 0.102. The predicted molar refractivity (Wildman–Crippen MR) is 92.0 cm³/mol. The normalized spacial score (nSPS) is 13.8. The number of benzene rings is 2. The van der Waals surface area contributed by atoms with Crippen LogP contribution in [0.2, 0.25) is 0 Å². The van der Waals surface area contributed by atoms with Crippen molar-refractivity contribution in [1.82, 2.24) is 0 Å². The maximum Gasteiger partial charge on any atom is 0.414 e. The lowest BCUT2D eigenvalue weighted by Gasteiger charge is -2.13. The first-order valence-corrected chi connectivity index (χ1v) is 7.96.